The van der Waals surface area contributed by atoms with Crippen LogP contribution in [0.3, 0.4) is 0 Å². The van der Waals surface area contributed by atoms with E-state index in [-0.39, 0.29) is 23.4 Å². The highest BCUT2D eigenvalue weighted by Crippen LogP contribution is 2.28. The summed E-state index contributed by atoms with van der Waals surface area (Å²) < 4.78 is 31.9. The van der Waals surface area contributed by atoms with Crippen molar-refractivity contribution in [3.8, 4) is 6.07 Å². The van der Waals surface area contributed by atoms with Gasteiger partial charge in [0.1, 0.15) is 6.07 Å². The Labute approximate surface area is 98.0 Å². The molecular weight excluding hydrogens is 226 g/mol. The van der Waals surface area contributed by atoms with E-state index in [1.54, 1.807) is 13.2 Å². The number of halogens is 2. The SMILES string of the molecule is COC1CC(Nc2ccc(C#N)c(F)c2F)C1. The zero-order valence-electron chi connectivity index (χ0n) is 9.34. The fourth-order valence-electron chi connectivity index (χ4n) is 1.84. The van der Waals surface area contributed by atoms with Gasteiger partial charge in [-0.2, -0.15) is 5.26 Å². The Morgan fingerprint density at radius 1 is 1.35 bits per heavy atom. The molecule has 3 nitrogen and oxygen atoms in total. The van der Waals surface area contributed by atoms with Crippen molar-refractivity contribution in [2.24, 2.45) is 0 Å². The minimum atomic E-state index is -1.10. The van der Waals surface area contributed by atoms with Gasteiger partial charge in [-0.25, -0.2) is 8.78 Å². The molecule has 17 heavy (non-hydrogen) atoms. The zero-order valence-corrected chi connectivity index (χ0v) is 9.34. The van der Waals surface area contributed by atoms with E-state index in [9.17, 15) is 8.78 Å². The lowest BCUT2D eigenvalue weighted by molar-refractivity contribution is 0.0328. The van der Waals surface area contributed by atoms with Crippen LogP contribution in [0.5, 0.6) is 0 Å². The summed E-state index contributed by atoms with van der Waals surface area (Å²) in [6, 6.07) is 4.35. The summed E-state index contributed by atoms with van der Waals surface area (Å²) in [5.74, 6) is -2.09. The van der Waals surface area contributed by atoms with Crippen LogP contribution >= 0.6 is 0 Å². The van der Waals surface area contributed by atoms with Crippen LogP contribution in [0.2, 0.25) is 0 Å². The lowest BCUT2D eigenvalue weighted by Gasteiger charge is -2.35. The van der Waals surface area contributed by atoms with Crippen LogP contribution < -0.4 is 5.32 Å². The molecule has 0 saturated heterocycles. The number of hydrogen-bond donors (Lipinski definition) is 1. The molecule has 0 aliphatic heterocycles. The van der Waals surface area contributed by atoms with E-state index < -0.39 is 11.6 Å². The lowest BCUT2D eigenvalue weighted by atomic mass is 9.89. The summed E-state index contributed by atoms with van der Waals surface area (Å²) in [5, 5.41) is 11.4. The number of ether oxygens (including phenoxy) is 1. The van der Waals surface area contributed by atoms with Crippen LogP contribution in [0.25, 0.3) is 0 Å². The van der Waals surface area contributed by atoms with Crippen LogP contribution in [0.1, 0.15) is 18.4 Å². The molecule has 0 unspecified atom stereocenters. The molecule has 0 heterocycles. The number of methoxy groups -OCH3 is 1. The quantitative estimate of drug-likeness (QED) is 0.879. The van der Waals surface area contributed by atoms with Crippen molar-refractivity contribution < 1.29 is 13.5 Å². The second-order valence-corrected chi connectivity index (χ2v) is 4.07. The van der Waals surface area contributed by atoms with Gasteiger partial charge in [-0.3, -0.25) is 0 Å². The Morgan fingerprint density at radius 2 is 2.06 bits per heavy atom. The molecule has 0 radical (unpaired) electrons. The maximum absolute atomic E-state index is 13.5. The second kappa shape index (κ2) is 4.68. The first-order valence-electron chi connectivity index (χ1n) is 5.33. The molecule has 0 atom stereocenters. The van der Waals surface area contributed by atoms with Gasteiger partial charge in [-0.1, -0.05) is 0 Å². The van der Waals surface area contributed by atoms with Crippen molar-refractivity contribution in [1.82, 2.24) is 0 Å². The monoisotopic (exact) mass is 238 g/mol. The first kappa shape index (κ1) is 11.8. The second-order valence-electron chi connectivity index (χ2n) is 4.07. The number of hydrogen-bond acceptors (Lipinski definition) is 3. The van der Waals surface area contributed by atoms with Gasteiger partial charge in [-0.05, 0) is 25.0 Å². The van der Waals surface area contributed by atoms with E-state index in [4.69, 9.17) is 10.00 Å². The molecular formula is C12H12F2N2O. The van der Waals surface area contributed by atoms with E-state index >= 15 is 0 Å². The third kappa shape index (κ3) is 2.22. The number of anilines is 1. The molecule has 1 aromatic carbocycles. The van der Waals surface area contributed by atoms with Gasteiger partial charge < -0.3 is 10.1 Å². The topological polar surface area (TPSA) is 45.0 Å². The Kier molecular flexibility index (Phi) is 3.25. The fraction of sp³-hybridized carbons (Fsp3) is 0.417. The highest BCUT2D eigenvalue weighted by molar-refractivity contribution is 5.50. The van der Waals surface area contributed by atoms with Crippen molar-refractivity contribution in [3.63, 3.8) is 0 Å². The predicted octanol–water partition coefficient (Wildman–Crippen LogP) is 2.43. The lowest BCUT2D eigenvalue weighted by Crippen LogP contribution is -2.40. The van der Waals surface area contributed by atoms with Crippen LogP contribution in [0, 0.1) is 23.0 Å². The summed E-state index contributed by atoms with van der Waals surface area (Å²) in [7, 11) is 1.63. The Balaban J connectivity index is 2.08. The minimum absolute atomic E-state index is 0.0982. The summed E-state index contributed by atoms with van der Waals surface area (Å²) in [5.41, 5.74) is -0.183. The molecule has 0 spiro atoms. The predicted molar refractivity (Wildman–Crippen MR) is 58.5 cm³/mol. The standard InChI is InChI=1S/C12H12F2N2O/c1-17-9-4-8(5-9)16-10-3-2-7(6-15)11(13)12(10)14/h2-3,8-9,16H,4-5H2,1H3. The molecule has 1 aliphatic carbocycles. The summed E-state index contributed by atoms with van der Waals surface area (Å²) in [4.78, 5) is 0. The molecule has 1 aliphatic rings. The number of nitrogens with one attached hydrogen (secondary N) is 1. The maximum Gasteiger partial charge on any atom is 0.183 e. The van der Waals surface area contributed by atoms with Crippen molar-refractivity contribution in [3.05, 3.63) is 29.3 Å². The van der Waals surface area contributed by atoms with E-state index in [1.807, 2.05) is 0 Å². The van der Waals surface area contributed by atoms with E-state index in [0.717, 1.165) is 12.8 Å². The molecule has 1 N–H and O–H groups in total. The maximum atomic E-state index is 13.5. The average Bonchev–Trinajstić information content (AvgIpc) is 2.28. The molecule has 2 rings (SSSR count). The number of rotatable bonds is 3. The van der Waals surface area contributed by atoms with Gasteiger partial charge in [0.15, 0.2) is 11.6 Å². The van der Waals surface area contributed by atoms with Gasteiger partial charge in [0.05, 0.1) is 17.4 Å². The third-order valence-electron chi connectivity index (χ3n) is 2.99. The summed E-state index contributed by atoms with van der Waals surface area (Å²) in [6.07, 6.45) is 1.74. The van der Waals surface area contributed by atoms with Crippen LogP contribution in [-0.2, 0) is 4.74 Å². The molecule has 1 fully saturated rings. The number of benzene rings is 1. The third-order valence-corrected chi connectivity index (χ3v) is 2.99. The first-order valence-corrected chi connectivity index (χ1v) is 5.33. The van der Waals surface area contributed by atoms with Gasteiger partial charge in [0.25, 0.3) is 0 Å². The first-order chi connectivity index (χ1) is 8.15. The molecule has 5 heteroatoms. The van der Waals surface area contributed by atoms with Crippen LogP contribution in [-0.4, -0.2) is 19.3 Å². The van der Waals surface area contributed by atoms with E-state index in [0.29, 0.717) is 0 Å². The number of nitriles is 1. The smallest absolute Gasteiger partial charge is 0.183 e. The van der Waals surface area contributed by atoms with Crippen molar-refractivity contribution in [2.75, 3.05) is 12.4 Å². The Hall–Kier alpha value is -1.67. The highest BCUT2D eigenvalue weighted by atomic mass is 19.2. The molecule has 0 bridgehead atoms. The average molecular weight is 238 g/mol. The van der Waals surface area contributed by atoms with Gasteiger partial charge >= 0.3 is 0 Å². The highest BCUT2D eigenvalue weighted by Gasteiger charge is 2.29. The molecule has 90 valence electrons. The fourth-order valence-corrected chi connectivity index (χ4v) is 1.84. The summed E-state index contributed by atoms with van der Waals surface area (Å²) in [6.45, 7) is 0. The van der Waals surface area contributed by atoms with E-state index in [1.165, 1.54) is 12.1 Å². The number of nitrogens with zero attached hydrogens (tertiary/aromatic N) is 1. The van der Waals surface area contributed by atoms with Gasteiger partial charge in [0, 0.05) is 13.2 Å². The van der Waals surface area contributed by atoms with Crippen molar-refractivity contribution in [1.29, 1.82) is 5.26 Å². The molecule has 0 amide bonds. The largest absolute Gasteiger partial charge is 0.381 e. The van der Waals surface area contributed by atoms with Crippen LogP contribution in [0.15, 0.2) is 12.1 Å². The normalized spacial score (nSPS) is 22.7. The minimum Gasteiger partial charge on any atom is -0.381 e. The van der Waals surface area contributed by atoms with Crippen molar-refractivity contribution >= 4 is 5.69 Å². The summed E-state index contributed by atoms with van der Waals surface area (Å²) >= 11 is 0. The Morgan fingerprint density at radius 3 is 2.65 bits per heavy atom. The van der Waals surface area contributed by atoms with E-state index in [2.05, 4.69) is 5.32 Å². The van der Waals surface area contributed by atoms with Gasteiger partial charge in [0.2, 0.25) is 0 Å². The Bertz CT molecular complexity index is 464. The molecule has 1 aromatic rings. The van der Waals surface area contributed by atoms with Crippen molar-refractivity contribution in [2.45, 2.75) is 25.0 Å². The van der Waals surface area contributed by atoms with Gasteiger partial charge in [-0.15, -0.1) is 0 Å². The zero-order chi connectivity index (χ0) is 12.4. The van der Waals surface area contributed by atoms with Crippen LogP contribution in [0.4, 0.5) is 14.5 Å². The molecule has 1 saturated carbocycles. The molecule has 0 aromatic heterocycles.